The predicted octanol–water partition coefficient (Wildman–Crippen LogP) is 4.22. The van der Waals surface area contributed by atoms with Gasteiger partial charge in [0.25, 0.3) is 5.91 Å². The molecule has 2 N–H and O–H groups in total. The quantitative estimate of drug-likeness (QED) is 0.685. The predicted molar refractivity (Wildman–Crippen MR) is 116 cm³/mol. The zero-order valence-corrected chi connectivity index (χ0v) is 16.4. The zero-order valence-electron chi connectivity index (χ0n) is 16.4. The molecule has 0 saturated carbocycles. The third-order valence-corrected chi connectivity index (χ3v) is 4.84. The van der Waals surface area contributed by atoms with Crippen molar-refractivity contribution < 1.29 is 9.53 Å². The molecule has 148 valence electrons. The summed E-state index contributed by atoms with van der Waals surface area (Å²) in [6.45, 7) is 5.06. The van der Waals surface area contributed by atoms with E-state index in [4.69, 9.17) is 4.74 Å². The Balaban J connectivity index is 1.44. The molecule has 2 aromatic carbocycles. The van der Waals surface area contributed by atoms with Crippen LogP contribution in [0.25, 0.3) is 0 Å². The van der Waals surface area contributed by atoms with E-state index < -0.39 is 0 Å². The summed E-state index contributed by atoms with van der Waals surface area (Å²) in [7, 11) is 0. The molecule has 4 rings (SSSR count). The average molecular weight is 388 g/mol. The molecule has 0 atom stereocenters. The Bertz CT molecular complexity index is 965. The lowest BCUT2D eigenvalue weighted by Gasteiger charge is -2.30. The van der Waals surface area contributed by atoms with Gasteiger partial charge in [0, 0.05) is 18.8 Å². The van der Waals surface area contributed by atoms with Crippen molar-refractivity contribution in [3.8, 4) is 0 Å². The highest BCUT2D eigenvalue weighted by molar-refractivity contribution is 6.04. The van der Waals surface area contributed by atoms with Crippen LogP contribution in [0, 0.1) is 6.92 Å². The lowest BCUT2D eigenvalue weighted by molar-refractivity contribution is 0.102. The van der Waals surface area contributed by atoms with Gasteiger partial charge in [-0.2, -0.15) is 0 Å². The van der Waals surface area contributed by atoms with Gasteiger partial charge in [0.05, 0.1) is 36.5 Å². The minimum Gasteiger partial charge on any atom is -0.378 e. The van der Waals surface area contributed by atoms with Gasteiger partial charge in [0.1, 0.15) is 5.69 Å². The Morgan fingerprint density at radius 3 is 2.41 bits per heavy atom. The van der Waals surface area contributed by atoms with Crippen LogP contribution >= 0.6 is 0 Å². The number of pyridine rings is 1. The fourth-order valence-electron chi connectivity index (χ4n) is 3.25. The van der Waals surface area contributed by atoms with Crippen LogP contribution in [0.4, 0.5) is 22.7 Å². The van der Waals surface area contributed by atoms with Gasteiger partial charge in [-0.15, -0.1) is 0 Å². The van der Waals surface area contributed by atoms with E-state index >= 15 is 0 Å². The van der Waals surface area contributed by atoms with Crippen LogP contribution in [0.15, 0.2) is 66.9 Å². The van der Waals surface area contributed by atoms with E-state index in [-0.39, 0.29) is 5.91 Å². The highest BCUT2D eigenvalue weighted by Crippen LogP contribution is 2.27. The Kier molecular flexibility index (Phi) is 5.72. The van der Waals surface area contributed by atoms with E-state index in [1.54, 1.807) is 12.3 Å². The summed E-state index contributed by atoms with van der Waals surface area (Å²) in [4.78, 5) is 19.3. The Labute approximate surface area is 170 Å². The van der Waals surface area contributed by atoms with Gasteiger partial charge < -0.3 is 20.3 Å². The molecule has 6 heteroatoms. The second-order valence-electron chi connectivity index (χ2n) is 6.99. The van der Waals surface area contributed by atoms with Crippen LogP contribution in [0.2, 0.25) is 0 Å². The van der Waals surface area contributed by atoms with Crippen LogP contribution in [0.1, 0.15) is 16.1 Å². The molecule has 0 unspecified atom stereocenters. The smallest absolute Gasteiger partial charge is 0.274 e. The molecule has 0 bridgehead atoms. The monoisotopic (exact) mass is 388 g/mol. The first kappa shape index (κ1) is 19.0. The molecule has 0 radical (unpaired) electrons. The first-order valence-corrected chi connectivity index (χ1v) is 9.72. The standard InChI is InChI=1S/C23H24N4O2/c1-17-6-8-18(9-7-17)25-19-10-11-21(24-16-19)23(28)26-20-4-2-3-5-22(20)27-12-14-29-15-13-27/h2-11,16,25H,12-15H2,1H3,(H,26,28). The summed E-state index contributed by atoms with van der Waals surface area (Å²) in [6, 6.07) is 19.5. The van der Waals surface area contributed by atoms with E-state index in [1.807, 2.05) is 54.6 Å². The normalized spacial score (nSPS) is 13.8. The number of rotatable bonds is 5. The number of nitrogens with zero attached hydrogens (tertiary/aromatic N) is 2. The van der Waals surface area contributed by atoms with E-state index in [1.165, 1.54) is 5.56 Å². The molecule has 3 aromatic rings. The second-order valence-corrected chi connectivity index (χ2v) is 6.99. The number of carbonyl (C=O) groups is 1. The van der Waals surface area contributed by atoms with Crippen molar-refractivity contribution in [3.05, 3.63) is 78.1 Å². The fraction of sp³-hybridized carbons (Fsp3) is 0.217. The average Bonchev–Trinajstić information content (AvgIpc) is 2.77. The van der Waals surface area contributed by atoms with Crippen LogP contribution < -0.4 is 15.5 Å². The topological polar surface area (TPSA) is 66.5 Å². The number of morpholine rings is 1. The third kappa shape index (κ3) is 4.73. The van der Waals surface area contributed by atoms with E-state index in [9.17, 15) is 4.79 Å². The maximum absolute atomic E-state index is 12.7. The lowest BCUT2D eigenvalue weighted by Crippen LogP contribution is -2.36. The van der Waals surface area contributed by atoms with Crippen LogP contribution in [0.5, 0.6) is 0 Å². The molecular formula is C23H24N4O2. The molecule has 1 aromatic heterocycles. The number of aromatic nitrogens is 1. The van der Waals surface area contributed by atoms with Gasteiger partial charge >= 0.3 is 0 Å². The molecule has 1 fully saturated rings. The van der Waals surface area contributed by atoms with Crippen molar-refractivity contribution in [1.29, 1.82) is 0 Å². The van der Waals surface area contributed by atoms with Gasteiger partial charge in [-0.3, -0.25) is 4.79 Å². The van der Waals surface area contributed by atoms with E-state index in [2.05, 4.69) is 27.4 Å². The Morgan fingerprint density at radius 1 is 0.966 bits per heavy atom. The molecule has 1 aliphatic heterocycles. The van der Waals surface area contributed by atoms with E-state index in [0.29, 0.717) is 18.9 Å². The van der Waals surface area contributed by atoms with Gasteiger partial charge in [-0.1, -0.05) is 29.8 Å². The fourth-order valence-corrected chi connectivity index (χ4v) is 3.25. The summed E-state index contributed by atoms with van der Waals surface area (Å²) in [5.74, 6) is -0.229. The highest BCUT2D eigenvalue weighted by Gasteiger charge is 2.16. The van der Waals surface area contributed by atoms with Crippen molar-refractivity contribution in [2.45, 2.75) is 6.92 Å². The van der Waals surface area contributed by atoms with Gasteiger partial charge in [0.2, 0.25) is 0 Å². The number of ether oxygens (including phenoxy) is 1. The maximum atomic E-state index is 12.7. The number of para-hydroxylation sites is 2. The summed E-state index contributed by atoms with van der Waals surface area (Å²) in [5.41, 5.74) is 5.17. The van der Waals surface area contributed by atoms with Crippen LogP contribution in [-0.2, 0) is 4.74 Å². The van der Waals surface area contributed by atoms with Crippen molar-refractivity contribution in [2.24, 2.45) is 0 Å². The van der Waals surface area contributed by atoms with Crippen LogP contribution in [0.3, 0.4) is 0 Å². The lowest BCUT2D eigenvalue weighted by atomic mass is 10.2. The largest absolute Gasteiger partial charge is 0.378 e. The molecule has 2 heterocycles. The molecule has 0 spiro atoms. The molecule has 0 aliphatic carbocycles. The van der Waals surface area contributed by atoms with E-state index in [0.717, 1.165) is 35.8 Å². The first-order valence-electron chi connectivity index (χ1n) is 9.72. The number of amides is 1. The first-order chi connectivity index (χ1) is 14.2. The minimum atomic E-state index is -0.229. The number of anilines is 4. The Hall–Kier alpha value is -3.38. The Morgan fingerprint density at radius 2 is 1.69 bits per heavy atom. The van der Waals surface area contributed by atoms with Crippen LogP contribution in [-0.4, -0.2) is 37.2 Å². The van der Waals surface area contributed by atoms with Crippen molar-refractivity contribution >= 4 is 28.7 Å². The van der Waals surface area contributed by atoms with Crippen molar-refractivity contribution in [3.63, 3.8) is 0 Å². The van der Waals surface area contributed by atoms with Gasteiger partial charge in [0.15, 0.2) is 0 Å². The molecule has 1 saturated heterocycles. The summed E-state index contributed by atoms with van der Waals surface area (Å²) in [6.07, 6.45) is 1.67. The number of hydrogen-bond donors (Lipinski definition) is 2. The number of nitrogens with one attached hydrogen (secondary N) is 2. The van der Waals surface area contributed by atoms with Crippen molar-refractivity contribution in [2.75, 3.05) is 41.8 Å². The minimum absolute atomic E-state index is 0.229. The number of benzene rings is 2. The molecular weight excluding hydrogens is 364 g/mol. The summed E-state index contributed by atoms with van der Waals surface area (Å²) < 4.78 is 5.43. The van der Waals surface area contributed by atoms with Crippen molar-refractivity contribution in [1.82, 2.24) is 4.98 Å². The molecule has 1 amide bonds. The number of carbonyl (C=O) groups excluding carboxylic acids is 1. The number of aryl methyl sites for hydroxylation is 1. The summed E-state index contributed by atoms with van der Waals surface area (Å²) >= 11 is 0. The summed E-state index contributed by atoms with van der Waals surface area (Å²) in [5, 5.41) is 6.28. The maximum Gasteiger partial charge on any atom is 0.274 e. The van der Waals surface area contributed by atoms with Gasteiger partial charge in [-0.05, 0) is 43.3 Å². The number of hydrogen-bond acceptors (Lipinski definition) is 5. The third-order valence-electron chi connectivity index (χ3n) is 4.84. The molecule has 29 heavy (non-hydrogen) atoms. The molecule has 1 aliphatic rings. The SMILES string of the molecule is Cc1ccc(Nc2ccc(C(=O)Nc3ccccc3N3CCOCC3)nc2)cc1. The molecule has 6 nitrogen and oxygen atoms in total. The highest BCUT2D eigenvalue weighted by atomic mass is 16.5. The second kappa shape index (κ2) is 8.75. The zero-order chi connectivity index (χ0) is 20.1. The van der Waals surface area contributed by atoms with Gasteiger partial charge in [-0.25, -0.2) is 4.98 Å².